The molecule has 0 radical (unpaired) electrons. The van der Waals surface area contributed by atoms with E-state index in [1.54, 1.807) is 10.9 Å². The highest BCUT2D eigenvalue weighted by Gasteiger charge is 2.16. The fourth-order valence-corrected chi connectivity index (χ4v) is 4.20. The zero-order chi connectivity index (χ0) is 22.8. The van der Waals surface area contributed by atoms with Crippen molar-refractivity contribution in [3.05, 3.63) is 66.2 Å². The zero-order valence-electron chi connectivity index (χ0n) is 19.0. The number of piperazine rings is 1. The molecule has 4 heterocycles. The Morgan fingerprint density at radius 2 is 1.79 bits per heavy atom. The Kier molecular flexibility index (Phi) is 5.83. The van der Waals surface area contributed by atoms with Crippen LogP contribution in [-0.2, 0) is 24.7 Å². The summed E-state index contributed by atoms with van der Waals surface area (Å²) >= 11 is 0. The van der Waals surface area contributed by atoms with E-state index in [0.717, 1.165) is 59.6 Å². The molecule has 0 saturated carbocycles. The van der Waals surface area contributed by atoms with Gasteiger partial charge in [0.05, 0.1) is 23.8 Å². The van der Waals surface area contributed by atoms with Crippen LogP contribution in [0.3, 0.4) is 0 Å². The number of hydrogen-bond donors (Lipinski definition) is 0. The second-order valence-corrected chi connectivity index (χ2v) is 8.72. The fraction of sp³-hybridized carbons (Fsp3) is 0.320. The summed E-state index contributed by atoms with van der Waals surface area (Å²) < 4.78 is 1.78. The number of carbonyl (C=O) groups is 1. The van der Waals surface area contributed by atoms with Crippen molar-refractivity contribution in [2.45, 2.75) is 12.8 Å². The van der Waals surface area contributed by atoms with Gasteiger partial charge < -0.3 is 9.80 Å². The number of likely N-dealkylation sites (N-methyl/N-ethyl adjacent to an activating group) is 1. The standard InChI is InChI=1S/C25H27N7O/c1-30-7-9-32(10-8-30)25-12-18(5-6-26-25)11-23(33)15-22-14-20-13-19(3-4-24(20)29-28-22)21-16-27-31(2)17-21/h3-6,12-14,16-17H,7-11,15H2,1-2H3. The minimum absolute atomic E-state index is 0.114. The first-order valence-electron chi connectivity index (χ1n) is 11.2. The Hall–Kier alpha value is -3.65. The topological polar surface area (TPSA) is 80.0 Å². The minimum Gasteiger partial charge on any atom is -0.354 e. The minimum atomic E-state index is 0.114. The molecule has 0 atom stereocenters. The van der Waals surface area contributed by atoms with Crippen molar-refractivity contribution in [1.29, 1.82) is 0 Å². The summed E-state index contributed by atoms with van der Waals surface area (Å²) in [5.74, 6) is 1.06. The van der Waals surface area contributed by atoms with E-state index >= 15 is 0 Å². The number of Topliss-reactive ketones (excluding diaryl/α,β-unsaturated/α-hetero) is 1. The number of carbonyl (C=O) groups excluding carboxylic acids is 1. The van der Waals surface area contributed by atoms with Gasteiger partial charge in [-0.25, -0.2) is 4.98 Å². The molecule has 5 rings (SSSR count). The van der Waals surface area contributed by atoms with Crippen LogP contribution in [0.25, 0.3) is 22.0 Å². The van der Waals surface area contributed by atoms with E-state index in [9.17, 15) is 4.79 Å². The predicted octanol–water partition coefficient (Wildman–Crippen LogP) is 2.53. The molecule has 0 spiro atoms. The number of ketones is 1. The lowest BCUT2D eigenvalue weighted by molar-refractivity contribution is -0.117. The summed E-state index contributed by atoms with van der Waals surface area (Å²) in [5.41, 5.74) is 4.59. The van der Waals surface area contributed by atoms with Gasteiger partial charge in [0.25, 0.3) is 0 Å². The van der Waals surface area contributed by atoms with Crippen molar-refractivity contribution in [3.8, 4) is 11.1 Å². The number of anilines is 1. The van der Waals surface area contributed by atoms with Gasteiger partial charge in [-0.05, 0) is 48.5 Å². The Labute approximate surface area is 192 Å². The maximum atomic E-state index is 12.8. The molecule has 1 aromatic carbocycles. The van der Waals surface area contributed by atoms with Gasteiger partial charge in [-0.3, -0.25) is 9.48 Å². The molecule has 8 nitrogen and oxygen atoms in total. The van der Waals surface area contributed by atoms with Crippen LogP contribution < -0.4 is 4.90 Å². The van der Waals surface area contributed by atoms with Crippen LogP contribution in [0.5, 0.6) is 0 Å². The first kappa shape index (κ1) is 21.2. The Morgan fingerprint density at radius 3 is 2.58 bits per heavy atom. The number of pyridine rings is 1. The molecule has 168 valence electrons. The van der Waals surface area contributed by atoms with Gasteiger partial charge in [-0.1, -0.05) is 6.07 Å². The first-order valence-corrected chi connectivity index (χ1v) is 11.2. The van der Waals surface area contributed by atoms with Crippen molar-refractivity contribution in [1.82, 2.24) is 29.9 Å². The first-order chi connectivity index (χ1) is 16.0. The number of fused-ring (bicyclic) bond motifs is 1. The lowest BCUT2D eigenvalue weighted by Gasteiger charge is -2.33. The van der Waals surface area contributed by atoms with Gasteiger partial charge in [-0.2, -0.15) is 15.3 Å². The summed E-state index contributed by atoms with van der Waals surface area (Å²) in [7, 11) is 4.03. The molecular formula is C25H27N7O. The summed E-state index contributed by atoms with van der Waals surface area (Å²) in [5, 5.41) is 13.8. The van der Waals surface area contributed by atoms with Crippen LogP contribution in [0, 0.1) is 0 Å². The molecule has 1 aliphatic rings. The smallest absolute Gasteiger partial charge is 0.143 e. The van der Waals surface area contributed by atoms with Gasteiger partial charge in [0, 0.05) is 63.0 Å². The van der Waals surface area contributed by atoms with E-state index in [1.165, 1.54) is 0 Å². The monoisotopic (exact) mass is 441 g/mol. The summed E-state index contributed by atoms with van der Waals surface area (Å²) in [4.78, 5) is 21.9. The maximum absolute atomic E-state index is 12.8. The number of benzene rings is 1. The van der Waals surface area contributed by atoms with E-state index in [1.807, 2.05) is 49.8 Å². The van der Waals surface area contributed by atoms with E-state index < -0.39 is 0 Å². The highest BCUT2D eigenvalue weighted by atomic mass is 16.1. The Morgan fingerprint density at radius 1 is 0.939 bits per heavy atom. The molecule has 3 aromatic heterocycles. The second kappa shape index (κ2) is 9.07. The molecule has 1 saturated heterocycles. The van der Waals surface area contributed by atoms with E-state index in [2.05, 4.69) is 43.2 Å². The quantitative estimate of drug-likeness (QED) is 0.455. The van der Waals surface area contributed by atoms with Gasteiger partial charge in [0.1, 0.15) is 11.6 Å². The molecule has 0 unspecified atom stereocenters. The largest absolute Gasteiger partial charge is 0.354 e. The fourth-order valence-electron chi connectivity index (χ4n) is 4.20. The third-order valence-corrected chi connectivity index (χ3v) is 6.09. The highest BCUT2D eigenvalue weighted by molar-refractivity contribution is 5.86. The van der Waals surface area contributed by atoms with E-state index in [0.29, 0.717) is 12.1 Å². The molecule has 1 aliphatic heterocycles. The molecular weight excluding hydrogens is 414 g/mol. The highest BCUT2D eigenvalue weighted by Crippen LogP contribution is 2.23. The van der Waals surface area contributed by atoms with Gasteiger partial charge >= 0.3 is 0 Å². The van der Waals surface area contributed by atoms with Crippen molar-refractivity contribution < 1.29 is 4.79 Å². The van der Waals surface area contributed by atoms with Crippen molar-refractivity contribution in [2.75, 3.05) is 38.1 Å². The zero-order valence-corrected chi connectivity index (χ0v) is 19.0. The van der Waals surface area contributed by atoms with E-state index in [4.69, 9.17) is 0 Å². The van der Waals surface area contributed by atoms with Gasteiger partial charge in [0.15, 0.2) is 0 Å². The third kappa shape index (κ3) is 4.90. The molecule has 0 amide bonds. The average Bonchev–Trinajstić information content (AvgIpc) is 3.25. The van der Waals surface area contributed by atoms with Crippen LogP contribution >= 0.6 is 0 Å². The summed E-state index contributed by atoms with van der Waals surface area (Å²) in [6.45, 7) is 3.95. The Bertz CT molecular complexity index is 1290. The SMILES string of the molecule is CN1CCN(c2cc(CC(=O)Cc3cc4cc(-c5cnn(C)c5)ccc4nn3)ccn2)CC1. The molecule has 4 aromatic rings. The number of rotatable bonds is 6. The number of hydrogen-bond acceptors (Lipinski definition) is 7. The summed E-state index contributed by atoms with van der Waals surface area (Å²) in [6.07, 6.45) is 6.23. The van der Waals surface area contributed by atoms with Crippen molar-refractivity contribution in [3.63, 3.8) is 0 Å². The molecule has 0 bridgehead atoms. The number of aromatic nitrogens is 5. The van der Waals surface area contributed by atoms with Crippen LogP contribution in [0.4, 0.5) is 5.82 Å². The molecule has 1 fully saturated rings. The van der Waals surface area contributed by atoms with Crippen LogP contribution in [0.2, 0.25) is 0 Å². The predicted molar refractivity (Wildman–Crippen MR) is 128 cm³/mol. The third-order valence-electron chi connectivity index (χ3n) is 6.09. The molecule has 33 heavy (non-hydrogen) atoms. The second-order valence-electron chi connectivity index (χ2n) is 8.72. The summed E-state index contributed by atoms with van der Waals surface area (Å²) in [6, 6.07) is 12.0. The van der Waals surface area contributed by atoms with Gasteiger partial charge in [0.2, 0.25) is 0 Å². The lowest BCUT2D eigenvalue weighted by Crippen LogP contribution is -2.44. The normalized spacial score (nSPS) is 14.7. The molecule has 0 N–H and O–H groups in total. The van der Waals surface area contributed by atoms with Crippen molar-refractivity contribution in [2.24, 2.45) is 7.05 Å². The Balaban J connectivity index is 1.28. The van der Waals surface area contributed by atoms with Crippen LogP contribution in [0.15, 0.2) is 55.0 Å². The van der Waals surface area contributed by atoms with E-state index in [-0.39, 0.29) is 12.2 Å². The van der Waals surface area contributed by atoms with Crippen LogP contribution in [0.1, 0.15) is 11.3 Å². The maximum Gasteiger partial charge on any atom is 0.143 e. The molecule has 8 heteroatoms. The average molecular weight is 442 g/mol. The number of aryl methyl sites for hydroxylation is 1. The molecule has 0 aliphatic carbocycles. The number of nitrogens with zero attached hydrogens (tertiary/aromatic N) is 7. The lowest BCUT2D eigenvalue weighted by atomic mass is 10.0. The van der Waals surface area contributed by atoms with Crippen molar-refractivity contribution >= 4 is 22.5 Å². The van der Waals surface area contributed by atoms with Crippen LogP contribution in [-0.4, -0.2) is 68.9 Å². The van der Waals surface area contributed by atoms with Gasteiger partial charge in [-0.15, -0.1) is 0 Å².